The maximum absolute atomic E-state index is 11.6. The number of anilines is 1. The highest BCUT2D eigenvalue weighted by Gasteiger charge is 2.21. The third kappa shape index (κ3) is 3.44. The predicted octanol–water partition coefficient (Wildman–Crippen LogP) is 1.62. The zero-order valence-corrected chi connectivity index (χ0v) is 11.6. The summed E-state index contributed by atoms with van der Waals surface area (Å²) >= 11 is 0. The summed E-state index contributed by atoms with van der Waals surface area (Å²) in [5.74, 6) is 0.883. The molecule has 1 aliphatic rings. The van der Waals surface area contributed by atoms with Gasteiger partial charge in [-0.2, -0.15) is 0 Å². The maximum Gasteiger partial charge on any atom is 0.341 e. The summed E-state index contributed by atoms with van der Waals surface area (Å²) in [4.78, 5) is 18.3. The largest absolute Gasteiger partial charge is 0.465 e. The number of likely N-dealkylation sites (tertiary alicyclic amines) is 1. The van der Waals surface area contributed by atoms with Crippen LogP contribution in [0.1, 0.15) is 23.7 Å². The Labute approximate surface area is 114 Å². The molecule has 5 heteroatoms. The summed E-state index contributed by atoms with van der Waals surface area (Å²) in [6, 6.07) is 3.47. The molecule has 1 aromatic rings. The first-order valence-corrected chi connectivity index (χ1v) is 6.74. The minimum Gasteiger partial charge on any atom is -0.465 e. The van der Waals surface area contributed by atoms with Crippen molar-refractivity contribution in [2.75, 3.05) is 38.6 Å². The van der Waals surface area contributed by atoms with Crippen molar-refractivity contribution < 1.29 is 9.53 Å². The van der Waals surface area contributed by atoms with E-state index in [-0.39, 0.29) is 5.97 Å². The lowest BCUT2D eigenvalue weighted by Crippen LogP contribution is -2.23. The average molecular weight is 263 g/mol. The van der Waals surface area contributed by atoms with Gasteiger partial charge in [-0.1, -0.05) is 6.92 Å². The summed E-state index contributed by atoms with van der Waals surface area (Å²) in [7, 11) is 1.38. The standard InChI is InChI=1S/C14H21N3O2/c1-3-17-8-6-11(10-17)9-16-13-12(14(18)19-2)5-4-7-15-13/h4-5,7,11H,3,6,8-10H2,1-2H3,(H,15,16). The van der Waals surface area contributed by atoms with Crippen LogP contribution in [0.2, 0.25) is 0 Å². The highest BCUT2D eigenvalue weighted by atomic mass is 16.5. The molecule has 1 aromatic heterocycles. The van der Waals surface area contributed by atoms with Gasteiger partial charge in [0.05, 0.1) is 7.11 Å². The Balaban J connectivity index is 1.94. The van der Waals surface area contributed by atoms with Gasteiger partial charge < -0.3 is 15.0 Å². The van der Waals surface area contributed by atoms with Crippen molar-refractivity contribution in [3.8, 4) is 0 Å². The van der Waals surface area contributed by atoms with Gasteiger partial charge in [-0.25, -0.2) is 9.78 Å². The zero-order chi connectivity index (χ0) is 13.7. The number of hydrogen-bond acceptors (Lipinski definition) is 5. The summed E-state index contributed by atoms with van der Waals surface area (Å²) in [5.41, 5.74) is 0.496. The van der Waals surface area contributed by atoms with Crippen LogP contribution in [0.25, 0.3) is 0 Å². The van der Waals surface area contributed by atoms with E-state index >= 15 is 0 Å². The minimum absolute atomic E-state index is 0.350. The van der Waals surface area contributed by atoms with E-state index in [9.17, 15) is 4.79 Å². The molecule has 0 amide bonds. The highest BCUT2D eigenvalue weighted by molar-refractivity contribution is 5.94. The van der Waals surface area contributed by atoms with Crippen LogP contribution in [-0.2, 0) is 4.74 Å². The third-order valence-corrected chi connectivity index (χ3v) is 3.59. The van der Waals surface area contributed by atoms with E-state index in [2.05, 4.69) is 22.1 Å². The number of nitrogens with one attached hydrogen (secondary N) is 1. The summed E-state index contributed by atoms with van der Waals surface area (Å²) < 4.78 is 4.76. The van der Waals surface area contributed by atoms with E-state index in [0.29, 0.717) is 17.3 Å². The molecule has 19 heavy (non-hydrogen) atoms. The van der Waals surface area contributed by atoms with E-state index in [1.54, 1.807) is 18.3 Å². The van der Waals surface area contributed by atoms with Crippen LogP contribution in [0.3, 0.4) is 0 Å². The van der Waals surface area contributed by atoms with Crippen molar-refractivity contribution in [3.05, 3.63) is 23.9 Å². The molecule has 1 aliphatic heterocycles. The highest BCUT2D eigenvalue weighted by Crippen LogP contribution is 2.18. The number of carbonyl (C=O) groups is 1. The summed E-state index contributed by atoms with van der Waals surface area (Å²) in [6.07, 6.45) is 2.88. The number of nitrogens with zero attached hydrogens (tertiary/aromatic N) is 2. The van der Waals surface area contributed by atoms with Crippen LogP contribution in [0.4, 0.5) is 5.82 Å². The fourth-order valence-electron chi connectivity index (χ4n) is 2.43. The van der Waals surface area contributed by atoms with Crippen molar-refractivity contribution in [3.63, 3.8) is 0 Å². The van der Waals surface area contributed by atoms with E-state index < -0.39 is 0 Å². The first-order valence-electron chi connectivity index (χ1n) is 6.74. The third-order valence-electron chi connectivity index (χ3n) is 3.59. The minimum atomic E-state index is -0.350. The molecule has 1 saturated heterocycles. The molecule has 5 nitrogen and oxygen atoms in total. The first-order chi connectivity index (χ1) is 9.24. The van der Waals surface area contributed by atoms with Crippen LogP contribution in [0.5, 0.6) is 0 Å². The quantitative estimate of drug-likeness (QED) is 0.818. The number of hydrogen-bond donors (Lipinski definition) is 1. The van der Waals surface area contributed by atoms with Crippen molar-refractivity contribution in [1.82, 2.24) is 9.88 Å². The van der Waals surface area contributed by atoms with Gasteiger partial charge in [-0.3, -0.25) is 0 Å². The topological polar surface area (TPSA) is 54.5 Å². The lowest BCUT2D eigenvalue weighted by molar-refractivity contribution is 0.0601. The number of carbonyl (C=O) groups excluding carboxylic acids is 1. The van der Waals surface area contributed by atoms with E-state index in [1.165, 1.54) is 13.5 Å². The molecule has 104 valence electrons. The van der Waals surface area contributed by atoms with Gasteiger partial charge >= 0.3 is 5.97 Å². The Bertz CT molecular complexity index is 436. The Morgan fingerprint density at radius 1 is 1.63 bits per heavy atom. The van der Waals surface area contributed by atoms with Crippen molar-refractivity contribution in [2.45, 2.75) is 13.3 Å². The monoisotopic (exact) mass is 263 g/mol. The second-order valence-electron chi connectivity index (χ2n) is 4.82. The van der Waals surface area contributed by atoms with Gasteiger partial charge in [0, 0.05) is 19.3 Å². The summed E-state index contributed by atoms with van der Waals surface area (Å²) in [5, 5.41) is 3.28. The molecule has 0 saturated carbocycles. The number of aromatic nitrogens is 1. The number of methoxy groups -OCH3 is 1. The first kappa shape index (κ1) is 13.8. The Kier molecular flexibility index (Phi) is 4.74. The fourth-order valence-corrected chi connectivity index (χ4v) is 2.43. The Morgan fingerprint density at radius 3 is 3.16 bits per heavy atom. The molecule has 0 aromatic carbocycles. The average Bonchev–Trinajstić information content (AvgIpc) is 2.92. The maximum atomic E-state index is 11.6. The Hall–Kier alpha value is -1.62. The van der Waals surface area contributed by atoms with Gasteiger partial charge in [0.15, 0.2) is 0 Å². The lowest BCUT2D eigenvalue weighted by atomic mass is 10.1. The van der Waals surface area contributed by atoms with Crippen molar-refractivity contribution in [1.29, 1.82) is 0 Å². The van der Waals surface area contributed by atoms with Gasteiger partial charge in [0.25, 0.3) is 0 Å². The molecule has 1 unspecified atom stereocenters. The van der Waals surface area contributed by atoms with Crippen molar-refractivity contribution in [2.24, 2.45) is 5.92 Å². The molecular formula is C14H21N3O2. The number of esters is 1. The van der Waals surface area contributed by atoms with Crippen molar-refractivity contribution >= 4 is 11.8 Å². The van der Waals surface area contributed by atoms with E-state index in [0.717, 1.165) is 26.2 Å². The molecular weight excluding hydrogens is 242 g/mol. The van der Waals surface area contributed by atoms with Gasteiger partial charge in [0.2, 0.25) is 0 Å². The lowest BCUT2D eigenvalue weighted by Gasteiger charge is -2.15. The van der Waals surface area contributed by atoms with E-state index in [4.69, 9.17) is 4.74 Å². The van der Waals surface area contributed by atoms with Crippen LogP contribution in [0.15, 0.2) is 18.3 Å². The van der Waals surface area contributed by atoms with Gasteiger partial charge in [0.1, 0.15) is 11.4 Å². The van der Waals surface area contributed by atoms with Gasteiger partial charge in [-0.15, -0.1) is 0 Å². The van der Waals surface area contributed by atoms with E-state index in [1.807, 2.05) is 0 Å². The Morgan fingerprint density at radius 2 is 2.47 bits per heavy atom. The van der Waals surface area contributed by atoms with Crippen LogP contribution in [0, 0.1) is 5.92 Å². The molecule has 0 spiro atoms. The SMILES string of the molecule is CCN1CCC(CNc2ncccc2C(=O)OC)C1. The molecule has 0 bridgehead atoms. The molecule has 0 radical (unpaired) electrons. The zero-order valence-electron chi connectivity index (χ0n) is 11.6. The summed E-state index contributed by atoms with van der Waals surface area (Å²) in [6.45, 7) is 6.41. The molecule has 1 atom stereocenters. The van der Waals surface area contributed by atoms with Crippen LogP contribution < -0.4 is 5.32 Å². The normalized spacial score (nSPS) is 19.4. The predicted molar refractivity (Wildman–Crippen MR) is 74.3 cm³/mol. The second kappa shape index (κ2) is 6.52. The van der Waals surface area contributed by atoms with Gasteiger partial charge in [-0.05, 0) is 37.6 Å². The molecule has 1 fully saturated rings. The second-order valence-corrected chi connectivity index (χ2v) is 4.82. The molecule has 1 N–H and O–H groups in total. The number of ether oxygens (including phenoxy) is 1. The molecule has 2 rings (SSSR count). The van der Waals surface area contributed by atoms with Crippen LogP contribution in [-0.4, -0.2) is 49.1 Å². The number of rotatable bonds is 5. The fraction of sp³-hybridized carbons (Fsp3) is 0.571. The molecule has 0 aliphatic carbocycles. The smallest absolute Gasteiger partial charge is 0.341 e. The molecule has 2 heterocycles. The van der Waals surface area contributed by atoms with Crippen LogP contribution >= 0.6 is 0 Å². The number of pyridine rings is 1.